The van der Waals surface area contributed by atoms with E-state index in [1.165, 1.54) is 34.6 Å². The van der Waals surface area contributed by atoms with Crippen LogP contribution in [0.1, 0.15) is 29.0 Å². The van der Waals surface area contributed by atoms with E-state index in [4.69, 9.17) is 4.99 Å². The number of hydrogen-bond donors (Lipinski definition) is 0. The number of nitrogens with zero attached hydrogens (tertiary/aromatic N) is 3. The van der Waals surface area contributed by atoms with E-state index in [1.807, 2.05) is 0 Å². The normalized spacial score (nSPS) is 25.0. The fourth-order valence-corrected chi connectivity index (χ4v) is 4.45. The van der Waals surface area contributed by atoms with E-state index in [9.17, 15) is 0 Å². The van der Waals surface area contributed by atoms with Crippen LogP contribution in [0, 0.1) is 6.92 Å². The first-order chi connectivity index (χ1) is 11.3. The molecule has 0 bridgehead atoms. The molecule has 0 spiro atoms. The van der Waals surface area contributed by atoms with E-state index in [0.717, 1.165) is 19.6 Å². The van der Waals surface area contributed by atoms with E-state index in [0.29, 0.717) is 12.1 Å². The molecule has 23 heavy (non-hydrogen) atoms. The predicted octanol–water partition coefficient (Wildman–Crippen LogP) is 3.39. The van der Waals surface area contributed by atoms with E-state index < -0.39 is 0 Å². The van der Waals surface area contributed by atoms with Crippen molar-refractivity contribution in [3.05, 3.63) is 65.2 Å². The second kappa shape index (κ2) is 4.85. The van der Waals surface area contributed by atoms with Crippen molar-refractivity contribution in [2.45, 2.75) is 25.4 Å². The zero-order valence-corrected chi connectivity index (χ0v) is 13.4. The molecule has 2 unspecified atom stereocenters. The number of fused-ring (bicyclic) bond motifs is 6. The van der Waals surface area contributed by atoms with Gasteiger partial charge in [-0.25, -0.2) is 0 Å². The molecule has 3 heteroatoms. The predicted molar refractivity (Wildman–Crippen MR) is 94.2 cm³/mol. The van der Waals surface area contributed by atoms with Crippen LogP contribution in [0.3, 0.4) is 0 Å². The minimum Gasteiger partial charge on any atom is -0.350 e. The van der Waals surface area contributed by atoms with E-state index in [-0.39, 0.29) is 0 Å². The first-order valence-corrected chi connectivity index (χ1v) is 8.56. The molecular weight excluding hydrogens is 282 g/mol. The van der Waals surface area contributed by atoms with Gasteiger partial charge in [-0.1, -0.05) is 42.0 Å². The van der Waals surface area contributed by atoms with E-state index >= 15 is 0 Å². The van der Waals surface area contributed by atoms with Crippen LogP contribution in [0.4, 0.5) is 5.69 Å². The summed E-state index contributed by atoms with van der Waals surface area (Å²) in [5.41, 5.74) is 5.48. The Morgan fingerprint density at radius 1 is 0.957 bits per heavy atom. The molecule has 5 rings (SSSR count). The minimum atomic E-state index is 0.425. The number of benzene rings is 2. The van der Waals surface area contributed by atoms with Gasteiger partial charge in [0.25, 0.3) is 0 Å². The molecule has 116 valence electrons. The minimum absolute atomic E-state index is 0.425. The third kappa shape index (κ3) is 1.86. The second-order valence-electron chi connectivity index (χ2n) is 6.83. The number of aliphatic imine (C=N–C) groups is 1. The van der Waals surface area contributed by atoms with Crippen molar-refractivity contribution in [2.75, 3.05) is 24.5 Å². The summed E-state index contributed by atoms with van der Waals surface area (Å²) in [7, 11) is 0. The lowest BCUT2D eigenvalue weighted by molar-refractivity contribution is 0.311. The van der Waals surface area contributed by atoms with Crippen LogP contribution in [0.15, 0.2) is 53.5 Å². The number of para-hydroxylation sites is 1. The Kier molecular flexibility index (Phi) is 2.78. The summed E-state index contributed by atoms with van der Waals surface area (Å²) in [6.45, 7) is 5.26. The van der Waals surface area contributed by atoms with Crippen molar-refractivity contribution in [3.8, 4) is 0 Å². The molecule has 3 aliphatic heterocycles. The summed E-state index contributed by atoms with van der Waals surface area (Å²) in [5.74, 6) is 1.77. The van der Waals surface area contributed by atoms with Crippen molar-refractivity contribution < 1.29 is 0 Å². The molecule has 0 radical (unpaired) electrons. The van der Waals surface area contributed by atoms with Gasteiger partial charge >= 0.3 is 0 Å². The SMILES string of the molecule is Cc1ccc(C2CCN3c4ccccc4C4=NCCN4C23)cc1. The van der Waals surface area contributed by atoms with Crippen molar-refractivity contribution in [2.24, 2.45) is 4.99 Å². The van der Waals surface area contributed by atoms with Crippen LogP contribution in [0.25, 0.3) is 0 Å². The van der Waals surface area contributed by atoms with E-state index in [1.54, 1.807) is 0 Å². The van der Waals surface area contributed by atoms with Crippen LogP contribution in [0.2, 0.25) is 0 Å². The summed E-state index contributed by atoms with van der Waals surface area (Å²) in [4.78, 5) is 9.96. The zero-order valence-electron chi connectivity index (χ0n) is 13.4. The highest BCUT2D eigenvalue weighted by Gasteiger charge is 2.45. The average Bonchev–Trinajstić information content (AvgIpc) is 3.22. The number of rotatable bonds is 1. The monoisotopic (exact) mass is 303 g/mol. The molecule has 3 heterocycles. The summed E-state index contributed by atoms with van der Waals surface area (Å²) in [6.07, 6.45) is 1.64. The van der Waals surface area contributed by atoms with Crippen LogP contribution >= 0.6 is 0 Å². The maximum Gasteiger partial charge on any atom is 0.134 e. The maximum absolute atomic E-state index is 4.82. The fourth-order valence-electron chi connectivity index (χ4n) is 4.45. The smallest absolute Gasteiger partial charge is 0.134 e. The van der Waals surface area contributed by atoms with Gasteiger partial charge in [-0.3, -0.25) is 4.99 Å². The third-order valence-corrected chi connectivity index (χ3v) is 5.51. The molecule has 1 saturated heterocycles. The topological polar surface area (TPSA) is 18.8 Å². The Bertz CT molecular complexity index is 778. The average molecular weight is 303 g/mol. The molecular formula is C20H21N3. The molecule has 3 nitrogen and oxygen atoms in total. The lowest BCUT2D eigenvalue weighted by Crippen LogP contribution is -2.53. The van der Waals surface area contributed by atoms with Gasteiger partial charge in [0.2, 0.25) is 0 Å². The fraction of sp³-hybridized carbons (Fsp3) is 0.350. The van der Waals surface area contributed by atoms with Crippen molar-refractivity contribution in [3.63, 3.8) is 0 Å². The zero-order chi connectivity index (χ0) is 15.4. The lowest BCUT2D eigenvalue weighted by Gasteiger charge is -2.43. The van der Waals surface area contributed by atoms with Gasteiger partial charge in [0.05, 0.1) is 6.54 Å². The Morgan fingerprint density at radius 3 is 2.65 bits per heavy atom. The van der Waals surface area contributed by atoms with Crippen molar-refractivity contribution in [1.29, 1.82) is 0 Å². The van der Waals surface area contributed by atoms with Crippen LogP contribution in [-0.2, 0) is 0 Å². The van der Waals surface area contributed by atoms with Crippen molar-refractivity contribution in [1.82, 2.24) is 4.90 Å². The second-order valence-corrected chi connectivity index (χ2v) is 6.83. The highest BCUT2D eigenvalue weighted by atomic mass is 15.4. The van der Waals surface area contributed by atoms with Crippen LogP contribution in [0.5, 0.6) is 0 Å². The van der Waals surface area contributed by atoms with Gasteiger partial charge in [-0.2, -0.15) is 0 Å². The molecule has 1 fully saturated rings. The van der Waals surface area contributed by atoms with Gasteiger partial charge < -0.3 is 9.80 Å². The number of anilines is 1. The van der Waals surface area contributed by atoms with Gasteiger partial charge in [-0.05, 0) is 31.0 Å². The molecule has 0 amide bonds. The molecule has 0 N–H and O–H groups in total. The quantitative estimate of drug-likeness (QED) is 0.804. The van der Waals surface area contributed by atoms with Crippen LogP contribution in [-0.4, -0.2) is 36.5 Å². The first-order valence-electron chi connectivity index (χ1n) is 8.56. The highest BCUT2D eigenvalue weighted by Crippen LogP contribution is 2.44. The number of hydrogen-bond acceptors (Lipinski definition) is 3. The third-order valence-electron chi connectivity index (χ3n) is 5.51. The Hall–Kier alpha value is -2.29. The Morgan fingerprint density at radius 2 is 1.78 bits per heavy atom. The molecule has 0 saturated carbocycles. The standard InChI is InChI=1S/C20H21N3/c1-14-6-8-15(9-7-14)16-10-12-22-18-5-3-2-4-17(18)19-21-11-13-23(19)20(16)22/h2-9,16,20H,10-13H2,1H3. The van der Waals surface area contributed by atoms with Crippen molar-refractivity contribution >= 4 is 11.5 Å². The number of amidine groups is 1. The molecule has 2 atom stereocenters. The lowest BCUT2D eigenvalue weighted by atomic mass is 9.92. The number of aryl methyl sites for hydroxylation is 1. The van der Waals surface area contributed by atoms with Gasteiger partial charge in [0.1, 0.15) is 12.0 Å². The first kappa shape index (κ1) is 13.2. The summed E-state index contributed by atoms with van der Waals surface area (Å²) in [5, 5.41) is 0. The maximum atomic E-state index is 4.82. The Labute approximate surface area is 137 Å². The summed E-state index contributed by atoms with van der Waals surface area (Å²) < 4.78 is 0. The van der Waals surface area contributed by atoms with Gasteiger partial charge in [0, 0.05) is 30.3 Å². The van der Waals surface area contributed by atoms with Crippen LogP contribution < -0.4 is 4.90 Å². The summed E-state index contributed by atoms with van der Waals surface area (Å²) in [6, 6.07) is 17.9. The molecule has 2 aromatic carbocycles. The largest absolute Gasteiger partial charge is 0.350 e. The highest BCUT2D eigenvalue weighted by molar-refractivity contribution is 6.06. The summed E-state index contributed by atoms with van der Waals surface area (Å²) >= 11 is 0. The molecule has 3 aliphatic rings. The van der Waals surface area contributed by atoms with Gasteiger partial charge in [-0.15, -0.1) is 0 Å². The molecule has 2 aromatic rings. The molecule has 0 aliphatic carbocycles. The van der Waals surface area contributed by atoms with E-state index in [2.05, 4.69) is 65.3 Å². The molecule has 0 aromatic heterocycles. The Balaban J connectivity index is 1.61. The van der Waals surface area contributed by atoms with Gasteiger partial charge in [0.15, 0.2) is 0 Å².